The molecule has 1 aromatic rings. The zero-order valence-electron chi connectivity index (χ0n) is 16.1. The number of thioether (sulfide) groups is 1. The monoisotopic (exact) mass is 394 g/mol. The van der Waals surface area contributed by atoms with Gasteiger partial charge in [-0.25, -0.2) is 0 Å². The normalized spacial score (nSPS) is 37.1. The first-order valence-corrected chi connectivity index (χ1v) is 10.5. The Morgan fingerprint density at radius 3 is 2.22 bits per heavy atom. The molecule has 0 aliphatic carbocycles. The summed E-state index contributed by atoms with van der Waals surface area (Å²) >= 11 is 1.68. The van der Waals surface area contributed by atoms with Crippen molar-refractivity contribution in [1.82, 2.24) is 0 Å². The highest BCUT2D eigenvalue weighted by Gasteiger charge is 2.49. The second kappa shape index (κ2) is 8.64. The van der Waals surface area contributed by atoms with Crippen molar-refractivity contribution in [2.45, 2.75) is 69.4 Å². The molecule has 2 unspecified atom stereocenters. The minimum atomic E-state index is -1.32. The lowest BCUT2D eigenvalue weighted by Crippen LogP contribution is -2.61. The standard InChI is InChI=1S/C21H30O5S/c1-4-13-5-7-14(8-6-13)9-16-11(2)12(3)21(27-16)20-19(25)18(24)17(23)15(10-22)26-20/h5-8,12,15,17-25H,4,9-10H2,1-3H3/t12?,15-,17-,18+,19-,20-,21?/m1/s1. The van der Waals surface area contributed by atoms with Crippen LogP contribution in [0.3, 0.4) is 0 Å². The first kappa shape index (κ1) is 20.8. The zero-order valence-corrected chi connectivity index (χ0v) is 16.9. The van der Waals surface area contributed by atoms with Crippen molar-refractivity contribution in [2.24, 2.45) is 5.92 Å². The van der Waals surface area contributed by atoms with Crippen LogP contribution in [0.1, 0.15) is 31.9 Å². The first-order valence-electron chi connectivity index (χ1n) is 9.62. The van der Waals surface area contributed by atoms with Gasteiger partial charge < -0.3 is 25.2 Å². The Hall–Kier alpha value is -0.890. The molecule has 6 heteroatoms. The summed E-state index contributed by atoms with van der Waals surface area (Å²) in [5.41, 5.74) is 3.83. The number of benzene rings is 1. The van der Waals surface area contributed by atoms with Crippen LogP contribution < -0.4 is 0 Å². The van der Waals surface area contributed by atoms with Crippen LogP contribution in [-0.4, -0.2) is 62.8 Å². The van der Waals surface area contributed by atoms with E-state index in [1.807, 2.05) is 0 Å². The number of ether oxygens (including phenoxy) is 1. The van der Waals surface area contributed by atoms with Crippen LogP contribution in [0, 0.1) is 5.92 Å². The fraction of sp³-hybridized carbons (Fsp3) is 0.619. The molecule has 1 saturated heterocycles. The van der Waals surface area contributed by atoms with Crippen LogP contribution in [0.25, 0.3) is 0 Å². The minimum absolute atomic E-state index is 0.0684. The van der Waals surface area contributed by atoms with Gasteiger partial charge in [-0.1, -0.05) is 43.7 Å². The topological polar surface area (TPSA) is 90.2 Å². The highest BCUT2D eigenvalue weighted by molar-refractivity contribution is 8.04. The van der Waals surface area contributed by atoms with Gasteiger partial charge in [-0.3, -0.25) is 0 Å². The molecule has 0 saturated carbocycles. The minimum Gasteiger partial charge on any atom is -0.394 e. The van der Waals surface area contributed by atoms with Crippen LogP contribution in [0.15, 0.2) is 34.7 Å². The van der Waals surface area contributed by atoms with E-state index in [1.165, 1.54) is 21.6 Å². The maximum Gasteiger partial charge on any atom is 0.111 e. The summed E-state index contributed by atoms with van der Waals surface area (Å²) in [6.45, 7) is 5.95. The summed E-state index contributed by atoms with van der Waals surface area (Å²) < 4.78 is 5.80. The van der Waals surface area contributed by atoms with Gasteiger partial charge in [-0.05, 0) is 35.3 Å². The fourth-order valence-corrected chi connectivity index (χ4v) is 5.59. The molecule has 1 fully saturated rings. The quantitative estimate of drug-likeness (QED) is 0.607. The molecule has 150 valence electrons. The Morgan fingerprint density at radius 1 is 1.00 bits per heavy atom. The van der Waals surface area contributed by atoms with E-state index in [-0.39, 0.29) is 11.2 Å². The van der Waals surface area contributed by atoms with Crippen molar-refractivity contribution >= 4 is 11.8 Å². The van der Waals surface area contributed by atoms with Gasteiger partial charge in [0.15, 0.2) is 0 Å². The van der Waals surface area contributed by atoms with Crippen molar-refractivity contribution in [3.63, 3.8) is 0 Å². The van der Waals surface area contributed by atoms with E-state index in [4.69, 9.17) is 4.74 Å². The average molecular weight is 395 g/mol. The third-order valence-corrected chi connectivity index (χ3v) is 7.64. The van der Waals surface area contributed by atoms with Crippen molar-refractivity contribution in [3.8, 4) is 0 Å². The largest absolute Gasteiger partial charge is 0.394 e. The second-order valence-electron chi connectivity index (χ2n) is 7.62. The van der Waals surface area contributed by atoms with Crippen molar-refractivity contribution in [3.05, 3.63) is 45.9 Å². The molecule has 3 rings (SSSR count). The third-order valence-electron chi connectivity index (χ3n) is 5.94. The molecule has 5 nitrogen and oxygen atoms in total. The molecular weight excluding hydrogens is 364 g/mol. The van der Waals surface area contributed by atoms with Gasteiger partial charge in [-0.2, -0.15) is 0 Å². The number of aliphatic hydroxyl groups excluding tert-OH is 4. The molecule has 4 N–H and O–H groups in total. The fourth-order valence-electron chi connectivity index (χ4n) is 3.87. The van der Waals surface area contributed by atoms with E-state index < -0.39 is 37.1 Å². The van der Waals surface area contributed by atoms with Gasteiger partial charge >= 0.3 is 0 Å². The summed E-state index contributed by atoms with van der Waals surface area (Å²) in [6.07, 6.45) is -3.46. The molecule has 1 aromatic carbocycles. The van der Waals surface area contributed by atoms with Gasteiger partial charge in [-0.15, -0.1) is 11.8 Å². The summed E-state index contributed by atoms with van der Waals surface area (Å²) in [7, 11) is 0. The summed E-state index contributed by atoms with van der Waals surface area (Å²) in [5, 5.41) is 40.0. The van der Waals surface area contributed by atoms with Crippen molar-refractivity contribution in [2.75, 3.05) is 6.61 Å². The van der Waals surface area contributed by atoms with Gasteiger partial charge in [0, 0.05) is 11.7 Å². The highest BCUT2D eigenvalue weighted by Crippen LogP contribution is 2.47. The Labute approximate surface area is 165 Å². The van der Waals surface area contributed by atoms with E-state index in [9.17, 15) is 20.4 Å². The lowest BCUT2D eigenvalue weighted by atomic mass is 9.87. The predicted molar refractivity (Wildman–Crippen MR) is 107 cm³/mol. The smallest absolute Gasteiger partial charge is 0.111 e. The average Bonchev–Trinajstić information content (AvgIpc) is 2.95. The molecule has 0 bridgehead atoms. The zero-order chi connectivity index (χ0) is 19.7. The van der Waals surface area contributed by atoms with E-state index in [0.717, 1.165) is 12.8 Å². The highest BCUT2D eigenvalue weighted by atomic mass is 32.2. The van der Waals surface area contributed by atoms with Gasteiger partial charge in [0.1, 0.15) is 24.4 Å². The molecule has 2 aliphatic rings. The van der Waals surface area contributed by atoms with Gasteiger partial charge in [0.25, 0.3) is 0 Å². The molecule has 2 heterocycles. The molecule has 0 radical (unpaired) electrons. The maximum absolute atomic E-state index is 10.5. The van der Waals surface area contributed by atoms with Crippen molar-refractivity contribution in [1.29, 1.82) is 0 Å². The Balaban J connectivity index is 1.74. The van der Waals surface area contributed by atoms with Crippen molar-refractivity contribution < 1.29 is 25.2 Å². The van der Waals surface area contributed by atoms with Gasteiger partial charge in [0.2, 0.25) is 0 Å². The first-order chi connectivity index (χ1) is 12.9. The van der Waals surface area contributed by atoms with E-state index in [0.29, 0.717) is 0 Å². The summed E-state index contributed by atoms with van der Waals surface area (Å²) in [4.78, 5) is 1.26. The number of aliphatic hydroxyl groups is 4. The molecule has 7 atom stereocenters. The number of aryl methyl sites for hydroxylation is 1. The van der Waals surface area contributed by atoms with Crippen LogP contribution in [-0.2, 0) is 17.6 Å². The third kappa shape index (κ3) is 4.11. The molecule has 0 amide bonds. The van der Waals surface area contributed by atoms with E-state index >= 15 is 0 Å². The number of rotatable bonds is 5. The van der Waals surface area contributed by atoms with E-state index in [1.54, 1.807) is 11.8 Å². The second-order valence-corrected chi connectivity index (χ2v) is 8.89. The molecule has 2 aliphatic heterocycles. The number of allylic oxidation sites excluding steroid dienone is 2. The lowest BCUT2D eigenvalue weighted by Gasteiger charge is -2.43. The predicted octanol–water partition coefficient (Wildman–Crippen LogP) is 1.66. The molecular formula is C21H30O5S. The Bertz CT molecular complexity index is 672. The van der Waals surface area contributed by atoms with Gasteiger partial charge in [0.05, 0.1) is 12.7 Å². The Kier molecular flexibility index (Phi) is 6.66. The van der Waals surface area contributed by atoms with E-state index in [2.05, 4.69) is 45.0 Å². The Morgan fingerprint density at radius 2 is 1.63 bits per heavy atom. The van der Waals surface area contributed by atoms with Crippen LogP contribution in [0.4, 0.5) is 0 Å². The maximum atomic E-state index is 10.5. The number of hydrogen-bond acceptors (Lipinski definition) is 6. The molecule has 0 aromatic heterocycles. The lowest BCUT2D eigenvalue weighted by molar-refractivity contribution is -0.229. The van der Waals surface area contributed by atoms with Crippen LogP contribution >= 0.6 is 11.8 Å². The molecule has 27 heavy (non-hydrogen) atoms. The summed E-state index contributed by atoms with van der Waals surface area (Å²) in [6, 6.07) is 8.63. The van der Waals surface area contributed by atoms with Crippen LogP contribution in [0.5, 0.6) is 0 Å². The SMILES string of the molecule is CCc1ccc(CC2=C(C)C(C)C([C@@H]3O[C@H](CO)[C@@H](O)[C@H](O)[C@H]3O)S2)cc1. The number of hydrogen-bond donors (Lipinski definition) is 4. The molecule has 0 spiro atoms. The summed E-state index contributed by atoms with van der Waals surface area (Å²) in [5.74, 6) is 0.168. The van der Waals surface area contributed by atoms with Crippen LogP contribution in [0.2, 0.25) is 0 Å².